The molecule has 0 atom stereocenters. The van der Waals surface area contributed by atoms with Gasteiger partial charge in [-0.3, -0.25) is 0 Å². The summed E-state index contributed by atoms with van der Waals surface area (Å²) in [4.78, 5) is 16.1. The Kier molecular flexibility index (Phi) is 5.01. The van der Waals surface area contributed by atoms with Gasteiger partial charge in [-0.1, -0.05) is 0 Å². The first-order chi connectivity index (χ1) is 8.75. The lowest BCUT2D eigenvalue weighted by atomic mass is 10.6. The molecule has 108 valence electrons. The van der Waals surface area contributed by atoms with Crippen molar-refractivity contribution in [3.63, 3.8) is 0 Å². The Balaban J connectivity index is 3.00. The first-order valence-corrected chi connectivity index (χ1v) is 7.47. The average Bonchev–Trinajstić information content (AvgIpc) is 2.36. The zero-order chi connectivity index (χ0) is 14.6. The highest BCUT2D eigenvalue weighted by atomic mass is 32.2. The number of aromatic nitrogens is 3. The number of sulfonamides is 1. The van der Waals surface area contributed by atoms with Crippen molar-refractivity contribution in [2.75, 3.05) is 43.7 Å². The average molecular weight is 288 g/mol. The molecule has 0 bridgehead atoms. The van der Waals surface area contributed by atoms with Gasteiger partial charge in [-0.05, 0) is 6.92 Å². The molecule has 0 aliphatic heterocycles. The highest BCUT2D eigenvalue weighted by Crippen LogP contribution is 2.10. The zero-order valence-corrected chi connectivity index (χ0v) is 12.7. The van der Waals surface area contributed by atoms with E-state index in [2.05, 4.69) is 19.7 Å². The smallest absolute Gasteiger partial charge is 0.229 e. The largest absolute Gasteiger partial charge is 0.347 e. The van der Waals surface area contributed by atoms with Crippen LogP contribution in [0, 0.1) is 0 Å². The molecule has 0 spiro atoms. The van der Waals surface area contributed by atoms with E-state index in [0.717, 1.165) is 0 Å². The maximum Gasteiger partial charge on any atom is 0.229 e. The highest BCUT2D eigenvalue weighted by molar-refractivity contribution is 7.89. The van der Waals surface area contributed by atoms with Gasteiger partial charge in [0.05, 0.1) is 12.3 Å². The van der Waals surface area contributed by atoms with E-state index in [1.54, 1.807) is 16.7 Å². The Morgan fingerprint density at radius 3 is 1.84 bits per heavy atom. The third-order valence-electron chi connectivity index (χ3n) is 2.29. The van der Waals surface area contributed by atoms with Gasteiger partial charge < -0.3 is 9.80 Å². The van der Waals surface area contributed by atoms with Gasteiger partial charge in [0, 0.05) is 28.2 Å². The standard InChI is InChI=1S/C10H20N6O2S/c1-6-19(17,18)11-7-8-12-9(15(2)3)14-10(13-8)16(4)5/h11H,6-7H2,1-5H3. The van der Waals surface area contributed by atoms with Gasteiger partial charge in [-0.15, -0.1) is 0 Å². The maximum atomic E-state index is 11.4. The number of anilines is 2. The van der Waals surface area contributed by atoms with Crippen LogP contribution in [-0.2, 0) is 16.6 Å². The summed E-state index contributed by atoms with van der Waals surface area (Å²) in [6.45, 7) is 1.63. The van der Waals surface area contributed by atoms with Crippen LogP contribution in [0.2, 0.25) is 0 Å². The number of rotatable bonds is 6. The Morgan fingerprint density at radius 2 is 1.47 bits per heavy atom. The Labute approximate surface area is 113 Å². The molecule has 0 aliphatic carbocycles. The Bertz CT molecular complexity index is 503. The Hall–Kier alpha value is -1.48. The van der Waals surface area contributed by atoms with Crippen LogP contribution in [0.3, 0.4) is 0 Å². The molecule has 0 saturated carbocycles. The molecule has 1 aromatic rings. The lowest BCUT2D eigenvalue weighted by Crippen LogP contribution is -2.27. The van der Waals surface area contributed by atoms with Gasteiger partial charge in [0.15, 0.2) is 5.82 Å². The van der Waals surface area contributed by atoms with E-state index in [1.165, 1.54) is 0 Å². The summed E-state index contributed by atoms with van der Waals surface area (Å²) in [5, 5.41) is 0. The summed E-state index contributed by atoms with van der Waals surface area (Å²) in [5.41, 5.74) is 0. The molecule has 0 aliphatic rings. The Morgan fingerprint density at radius 1 is 1.00 bits per heavy atom. The quantitative estimate of drug-likeness (QED) is 0.750. The van der Waals surface area contributed by atoms with Crippen molar-refractivity contribution >= 4 is 21.9 Å². The minimum absolute atomic E-state index is 0.0269. The molecule has 1 aromatic heterocycles. The lowest BCUT2D eigenvalue weighted by molar-refractivity contribution is 0.580. The SMILES string of the molecule is CCS(=O)(=O)NCc1nc(N(C)C)nc(N(C)C)n1. The normalized spacial score (nSPS) is 11.4. The van der Waals surface area contributed by atoms with Crippen molar-refractivity contribution in [3.05, 3.63) is 5.82 Å². The summed E-state index contributed by atoms with van der Waals surface area (Å²) in [5.74, 6) is 1.40. The fraction of sp³-hybridized carbons (Fsp3) is 0.700. The van der Waals surface area contributed by atoms with Crippen molar-refractivity contribution in [1.29, 1.82) is 0 Å². The van der Waals surface area contributed by atoms with E-state index in [-0.39, 0.29) is 12.3 Å². The molecular weight excluding hydrogens is 268 g/mol. The van der Waals surface area contributed by atoms with E-state index in [4.69, 9.17) is 0 Å². The van der Waals surface area contributed by atoms with Crippen LogP contribution in [0.1, 0.15) is 12.7 Å². The molecule has 0 amide bonds. The van der Waals surface area contributed by atoms with Crippen LogP contribution >= 0.6 is 0 Å². The fourth-order valence-electron chi connectivity index (χ4n) is 1.15. The predicted molar refractivity (Wildman–Crippen MR) is 74.8 cm³/mol. The van der Waals surface area contributed by atoms with Gasteiger partial charge in [0.25, 0.3) is 0 Å². The number of nitrogens with one attached hydrogen (secondary N) is 1. The van der Waals surface area contributed by atoms with Crippen LogP contribution in [0.15, 0.2) is 0 Å². The van der Waals surface area contributed by atoms with Crippen LogP contribution in [0.25, 0.3) is 0 Å². The van der Waals surface area contributed by atoms with Crippen molar-refractivity contribution < 1.29 is 8.42 Å². The number of nitrogens with zero attached hydrogens (tertiary/aromatic N) is 5. The van der Waals surface area contributed by atoms with Crippen LogP contribution < -0.4 is 14.5 Å². The molecule has 19 heavy (non-hydrogen) atoms. The van der Waals surface area contributed by atoms with E-state index >= 15 is 0 Å². The molecule has 0 unspecified atom stereocenters. The van der Waals surface area contributed by atoms with Gasteiger partial charge >= 0.3 is 0 Å². The number of hydrogen-bond donors (Lipinski definition) is 1. The van der Waals surface area contributed by atoms with Crippen LogP contribution in [0.5, 0.6) is 0 Å². The highest BCUT2D eigenvalue weighted by Gasteiger charge is 2.12. The predicted octanol–water partition coefficient (Wildman–Crippen LogP) is -0.557. The fourth-order valence-corrected chi connectivity index (χ4v) is 1.70. The molecule has 0 saturated heterocycles. The molecule has 8 nitrogen and oxygen atoms in total. The van der Waals surface area contributed by atoms with Crippen LogP contribution in [-0.4, -0.2) is 57.3 Å². The summed E-state index contributed by atoms with van der Waals surface area (Å²) >= 11 is 0. The van der Waals surface area contributed by atoms with Crippen molar-refractivity contribution in [1.82, 2.24) is 19.7 Å². The molecule has 0 fully saturated rings. The zero-order valence-electron chi connectivity index (χ0n) is 11.9. The molecular formula is C10H20N6O2S. The molecule has 1 N–H and O–H groups in total. The first kappa shape index (κ1) is 15.6. The second-order valence-corrected chi connectivity index (χ2v) is 6.46. The lowest BCUT2D eigenvalue weighted by Gasteiger charge is -2.16. The monoisotopic (exact) mass is 288 g/mol. The second-order valence-electron chi connectivity index (χ2n) is 4.37. The van der Waals surface area contributed by atoms with E-state index in [9.17, 15) is 8.42 Å². The topological polar surface area (TPSA) is 91.3 Å². The third-order valence-corrected chi connectivity index (χ3v) is 3.63. The van der Waals surface area contributed by atoms with Crippen molar-refractivity contribution in [2.24, 2.45) is 0 Å². The van der Waals surface area contributed by atoms with Crippen molar-refractivity contribution in [3.8, 4) is 0 Å². The summed E-state index contributed by atoms with van der Waals surface area (Å²) < 4.78 is 25.3. The minimum Gasteiger partial charge on any atom is -0.347 e. The molecule has 0 radical (unpaired) electrons. The van der Waals surface area contributed by atoms with Crippen LogP contribution in [0.4, 0.5) is 11.9 Å². The second kappa shape index (κ2) is 6.11. The maximum absolute atomic E-state index is 11.4. The first-order valence-electron chi connectivity index (χ1n) is 5.82. The summed E-state index contributed by atoms with van der Waals surface area (Å²) in [7, 11) is 4.00. The van der Waals surface area contributed by atoms with E-state index in [1.807, 2.05) is 28.2 Å². The minimum atomic E-state index is -3.26. The van der Waals surface area contributed by atoms with Crippen molar-refractivity contribution in [2.45, 2.75) is 13.5 Å². The molecule has 1 rings (SSSR count). The van der Waals surface area contributed by atoms with E-state index in [0.29, 0.717) is 17.7 Å². The third kappa shape index (κ3) is 4.60. The molecule has 0 aromatic carbocycles. The molecule has 9 heteroatoms. The van der Waals surface area contributed by atoms with Gasteiger partial charge in [0.2, 0.25) is 21.9 Å². The summed E-state index contributed by atoms with van der Waals surface area (Å²) in [6, 6.07) is 0. The number of hydrogen-bond acceptors (Lipinski definition) is 7. The van der Waals surface area contributed by atoms with Gasteiger partial charge in [0.1, 0.15) is 0 Å². The van der Waals surface area contributed by atoms with Gasteiger partial charge in [-0.2, -0.15) is 15.0 Å². The van der Waals surface area contributed by atoms with Gasteiger partial charge in [-0.25, -0.2) is 13.1 Å². The molecule has 1 heterocycles. The summed E-state index contributed by atoms with van der Waals surface area (Å²) in [6.07, 6.45) is 0. The van der Waals surface area contributed by atoms with E-state index < -0.39 is 10.0 Å².